The first-order chi connectivity index (χ1) is 7.15. The lowest BCUT2D eigenvalue weighted by atomic mass is 10.1. The van der Waals surface area contributed by atoms with Gasteiger partial charge in [-0.25, -0.2) is 4.79 Å². The molecule has 0 aliphatic carbocycles. The standard InChI is InChI=1S/C12H12O3/c1-3-15-8-10-5-4-6-11(7-10)9(2)12(13)14/h3-7H,1-2,8H2,(H,13,14). The number of carboxylic acid groups (broad SMARTS) is 1. The predicted molar refractivity (Wildman–Crippen MR) is 58.1 cm³/mol. The third kappa shape index (κ3) is 2.98. The van der Waals surface area contributed by atoms with Gasteiger partial charge in [-0.3, -0.25) is 0 Å². The molecule has 78 valence electrons. The summed E-state index contributed by atoms with van der Waals surface area (Å²) in [4.78, 5) is 10.7. The van der Waals surface area contributed by atoms with Gasteiger partial charge < -0.3 is 9.84 Å². The molecule has 0 bridgehead atoms. The summed E-state index contributed by atoms with van der Waals surface area (Å²) in [5.74, 6) is -1.02. The van der Waals surface area contributed by atoms with Crippen molar-refractivity contribution in [3.8, 4) is 0 Å². The van der Waals surface area contributed by atoms with E-state index in [1.165, 1.54) is 6.26 Å². The van der Waals surface area contributed by atoms with E-state index in [0.29, 0.717) is 12.2 Å². The Morgan fingerprint density at radius 2 is 2.27 bits per heavy atom. The van der Waals surface area contributed by atoms with Gasteiger partial charge in [0.25, 0.3) is 0 Å². The van der Waals surface area contributed by atoms with Gasteiger partial charge in [0.15, 0.2) is 0 Å². The van der Waals surface area contributed by atoms with Crippen LogP contribution >= 0.6 is 0 Å². The van der Waals surface area contributed by atoms with Crippen molar-refractivity contribution < 1.29 is 14.6 Å². The maximum atomic E-state index is 10.7. The zero-order valence-electron chi connectivity index (χ0n) is 8.27. The molecule has 0 unspecified atom stereocenters. The van der Waals surface area contributed by atoms with Crippen molar-refractivity contribution in [2.24, 2.45) is 0 Å². The Morgan fingerprint density at radius 1 is 1.53 bits per heavy atom. The van der Waals surface area contributed by atoms with E-state index >= 15 is 0 Å². The van der Waals surface area contributed by atoms with E-state index in [9.17, 15) is 4.79 Å². The second kappa shape index (κ2) is 5.00. The molecule has 1 aromatic rings. The van der Waals surface area contributed by atoms with Gasteiger partial charge in [-0.15, -0.1) is 0 Å². The number of rotatable bonds is 5. The van der Waals surface area contributed by atoms with Gasteiger partial charge in [-0.05, 0) is 17.2 Å². The molecule has 15 heavy (non-hydrogen) atoms. The average molecular weight is 204 g/mol. The molecule has 0 amide bonds. The summed E-state index contributed by atoms with van der Waals surface area (Å²) in [5, 5.41) is 8.76. The Balaban J connectivity index is 2.87. The highest BCUT2D eigenvalue weighted by molar-refractivity contribution is 6.14. The molecule has 0 fully saturated rings. The second-order valence-electron chi connectivity index (χ2n) is 2.96. The van der Waals surface area contributed by atoms with Gasteiger partial charge in [0.2, 0.25) is 0 Å². The molecule has 1 rings (SSSR count). The average Bonchev–Trinajstić information content (AvgIpc) is 2.25. The smallest absolute Gasteiger partial charge is 0.335 e. The normalized spacial score (nSPS) is 9.33. The van der Waals surface area contributed by atoms with Gasteiger partial charge in [0.05, 0.1) is 11.8 Å². The Morgan fingerprint density at radius 3 is 2.87 bits per heavy atom. The van der Waals surface area contributed by atoms with E-state index in [0.717, 1.165) is 5.56 Å². The van der Waals surface area contributed by atoms with Gasteiger partial charge in [-0.2, -0.15) is 0 Å². The van der Waals surface area contributed by atoms with Gasteiger partial charge in [0.1, 0.15) is 6.61 Å². The summed E-state index contributed by atoms with van der Waals surface area (Å²) in [7, 11) is 0. The molecule has 0 aliphatic rings. The lowest BCUT2D eigenvalue weighted by molar-refractivity contribution is -0.130. The maximum Gasteiger partial charge on any atom is 0.335 e. The van der Waals surface area contributed by atoms with E-state index in [1.54, 1.807) is 18.2 Å². The topological polar surface area (TPSA) is 46.5 Å². The molecule has 0 aliphatic heterocycles. The summed E-state index contributed by atoms with van der Waals surface area (Å²) in [6.45, 7) is 7.29. The van der Waals surface area contributed by atoms with Crippen LogP contribution < -0.4 is 0 Å². The number of hydrogen-bond acceptors (Lipinski definition) is 2. The number of carbonyl (C=O) groups is 1. The number of aliphatic carboxylic acids is 1. The number of ether oxygens (including phenoxy) is 1. The Hall–Kier alpha value is -2.03. The van der Waals surface area contributed by atoms with Crippen LogP contribution in [0.4, 0.5) is 0 Å². The van der Waals surface area contributed by atoms with Crippen molar-refractivity contribution in [1.82, 2.24) is 0 Å². The Kier molecular flexibility index (Phi) is 3.68. The van der Waals surface area contributed by atoms with Crippen LogP contribution in [-0.2, 0) is 16.1 Å². The van der Waals surface area contributed by atoms with Crippen LogP contribution in [0.3, 0.4) is 0 Å². The van der Waals surface area contributed by atoms with Gasteiger partial charge >= 0.3 is 5.97 Å². The second-order valence-corrected chi connectivity index (χ2v) is 2.96. The van der Waals surface area contributed by atoms with Crippen LogP contribution in [0.5, 0.6) is 0 Å². The van der Waals surface area contributed by atoms with Crippen LogP contribution in [0, 0.1) is 0 Å². The third-order valence-corrected chi connectivity index (χ3v) is 1.90. The zero-order valence-corrected chi connectivity index (χ0v) is 8.27. The molecule has 3 nitrogen and oxygen atoms in total. The molecular formula is C12H12O3. The molecule has 0 atom stereocenters. The highest BCUT2D eigenvalue weighted by atomic mass is 16.5. The monoisotopic (exact) mass is 204 g/mol. The minimum Gasteiger partial charge on any atom is -0.497 e. The molecular weight excluding hydrogens is 192 g/mol. The highest BCUT2D eigenvalue weighted by Gasteiger charge is 2.07. The summed E-state index contributed by atoms with van der Waals surface area (Å²) in [5.41, 5.74) is 1.55. The predicted octanol–water partition coefficient (Wildman–Crippen LogP) is 2.44. The van der Waals surface area contributed by atoms with E-state index in [1.807, 2.05) is 6.07 Å². The van der Waals surface area contributed by atoms with Crippen LogP contribution in [0.25, 0.3) is 5.57 Å². The molecule has 1 aromatic carbocycles. The highest BCUT2D eigenvalue weighted by Crippen LogP contribution is 2.14. The molecule has 0 aromatic heterocycles. The fourth-order valence-electron chi connectivity index (χ4n) is 1.13. The van der Waals surface area contributed by atoms with Gasteiger partial charge in [0, 0.05) is 0 Å². The SMILES string of the molecule is C=COCc1cccc(C(=C)C(=O)O)c1. The van der Waals surface area contributed by atoms with Crippen LogP contribution in [0.1, 0.15) is 11.1 Å². The summed E-state index contributed by atoms with van der Waals surface area (Å²) in [6.07, 6.45) is 1.35. The van der Waals surface area contributed by atoms with E-state index in [4.69, 9.17) is 9.84 Å². The number of carboxylic acids is 1. The first-order valence-electron chi connectivity index (χ1n) is 4.39. The molecule has 3 heteroatoms. The van der Waals surface area contributed by atoms with Crippen LogP contribution in [-0.4, -0.2) is 11.1 Å². The Bertz CT molecular complexity index is 394. The van der Waals surface area contributed by atoms with E-state index in [-0.39, 0.29) is 5.57 Å². The van der Waals surface area contributed by atoms with Gasteiger partial charge in [-0.1, -0.05) is 31.4 Å². The van der Waals surface area contributed by atoms with Crippen LogP contribution in [0.2, 0.25) is 0 Å². The first kappa shape index (κ1) is 11.0. The summed E-state index contributed by atoms with van der Waals surface area (Å²) < 4.78 is 5.00. The Labute approximate surface area is 88.3 Å². The first-order valence-corrected chi connectivity index (χ1v) is 4.39. The molecule has 0 spiro atoms. The zero-order chi connectivity index (χ0) is 11.3. The van der Waals surface area contributed by atoms with E-state index in [2.05, 4.69) is 13.2 Å². The van der Waals surface area contributed by atoms with Crippen molar-refractivity contribution >= 4 is 11.5 Å². The van der Waals surface area contributed by atoms with Crippen molar-refractivity contribution in [2.75, 3.05) is 0 Å². The van der Waals surface area contributed by atoms with E-state index < -0.39 is 5.97 Å². The number of benzene rings is 1. The maximum absolute atomic E-state index is 10.7. The quantitative estimate of drug-likeness (QED) is 0.592. The molecule has 1 N–H and O–H groups in total. The molecule has 0 saturated heterocycles. The molecule has 0 heterocycles. The minimum atomic E-state index is -1.02. The fourth-order valence-corrected chi connectivity index (χ4v) is 1.13. The summed E-state index contributed by atoms with van der Waals surface area (Å²) >= 11 is 0. The lowest BCUT2D eigenvalue weighted by Crippen LogP contribution is -1.98. The van der Waals surface area contributed by atoms with Crippen LogP contribution in [0.15, 0.2) is 43.7 Å². The molecule has 0 saturated carbocycles. The van der Waals surface area contributed by atoms with Crippen molar-refractivity contribution in [3.63, 3.8) is 0 Å². The van der Waals surface area contributed by atoms with Crippen molar-refractivity contribution in [2.45, 2.75) is 6.61 Å². The molecule has 0 radical (unpaired) electrons. The number of hydrogen-bond donors (Lipinski definition) is 1. The third-order valence-electron chi connectivity index (χ3n) is 1.90. The fraction of sp³-hybridized carbons (Fsp3) is 0.0833. The lowest BCUT2D eigenvalue weighted by Gasteiger charge is -2.04. The summed E-state index contributed by atoms with van der Waals surface area (Å²) in [6, 6.07) is 7.06. The largest absolute Gasteiger partial charge is 0.497 e. The minimum absolute atomic E-state index is 0.0791. The van der Waals surface area contributed by atoms with Crippen molar-refractivity contribution in [1.29, 1.82) is 0 Å². The van der Waals surface area contributed by atoms with Crippen molar-refractivity contribution in [3.05, 3.63) is 54.8 Å².